The normalized spacial score (nSPS) is 10.6. The number of nitrogens with zero attached hydrogens (tertiary/aromatic N) is 1. The van der Waals surface area contributed by atoms with Gasteiger partial charge in [0, 0.05) is 22.2 Å². The van der Waals surface area contributed by atoms with Gasteiger partial charge in [-0.3, -0.25) is 4.79 Å². The summed E-state index contributed by atoms with van der Waals surface area (Å²) < 4.78 is 19.5. The van der Waals surface area contributed by atoms with Crippen LogP contribution in [-0.2, 0) is 17.8 Å². The van der Waals surface area contributed by atoms with Crippen LogP contribution in [0.4, 0.5) is 4.39 Å². The van der Waals surface area contributed by atoms with E-state index in [0.29, 0.717) is 22.2 Å². The molecule has 3 rings (SSSR count). The molecule has 0 aliphatic carbocycles. The monoisotopic (exact) mass is 385 g/mol. The fourth-order valence-electron chi connectivity index (χ4n) is 2.73. The first-order chi connectivity index (χ1) is 12.9. The average molecular weight is 386 g/mol. The lowest BCUT2D eigenvalue weighted by atomic mass is 10.0. The van der Waals surface area contributed by atoms with Crippen molar-refractivity contribution < 1.29 is 19.0 Å². The molecule has 0 saturated heterocycles. The molecule has 0 bridgehead atoms. The van der Waals surface area contributed by atoms with Crippen LogP contribution in [0.2, 0.25) is 5.02 Å². The second-order valence-electron chi connectivity index (χ2n) is 6.11. The third-order valence-corrected chi connectivity index (χ3v) is 4.27. The summed E-state index contributed by atoms with van der Waals surface area (Å²) in [5, 5.41) is 9.24. The maximum Gasteiger partial charge on any atom is 0.307 e. The molecule has 4 nitrogen and oxygen atoms in total. The number of aryl methyl sites for hydroxylation is 1. The molecule has 0 unspecified atom stereocenters. The zero-order valence-electron chi connectivity index (χ0n) is 14.6. The number of carbonyl (C=O) groups is 1. The van der Waals surface area contributed by atoms with Crippen LogP contribution in [-0.4, -0.2) is 16.1 Å². The van der Waals surface area contributed by atoms with Gasteiger partial charge in [-0.2, -0.15) is 0 Å². The maximum absolute atomic E-state index is 13.9. The minimum Gasteiger partial charge on any atom is -0.481 e. The van der Waals surface area contributed by atoms with Gasteiger partial charge < -0.3 is 9.84 Å². The molecule has 0 amide bonds. The zero-order chi connectivity index (χ0) is 19.4. The Kier molecular flexibility index (Phi) is 5.72. The Morgan fingerprint density at radius 1 is 1.19 bits per heavy atom. The summed E-state index contributed by atoms with van der Waals surface area (Å²) in [7, 11) is 0. The van der Waals surface area contributed by atoms with Crippen molar-refractivity contribution in [2.45, 2.75) is 20.0 Å². The van der Waals surface area contributed by atoms with E-state index in [4.69, 9.17) is 21.4 Å². The molecule has 1 N–H and O–H groups in total. The molecule has 0 saturated carbocycles. The van der Waals surface area contributed by atoms with Gasteiger partial charge in [0.05, 0.1) is 12.1 Å². The van der Waals surface area contributed by atoms with E-state index in [9.17, 15) is 9.18 Å². The summed E-state index contributed by atoms with van der Waals surface area (Å²) in [6.07, 6.45) is -0.0235. The minimum atomic E-state index is -0.870. The van der Waals surface area contributed by atoms with Crippen LogP contribution in [0.15, 0.2) is 54.6 Å². The number of rotatable bonds is 6. The van der Waals surface area contributed by atoms with Gasteiger partial charge in [-0.25, -0.2) is 9.37 Å². The number of aromatic nitrogens is 1. The molecule has 0 fully saturated rings. The maximum atomic E-state index is 13.9. The number of pyridine rings is 1. The van der Waals surface area contributed by atoms with E-state index in [2.05, 4.69) is 4.98 Å². The van der Waals surface area contributed by atoms with Crippen LogP contribution in [0.5, 0.6) is 5.88 Å². The van der Waals surface area contributed by atoms with Crippen LogP contribution in [0.1, 0.15) is 16.7 Å². The smallest absolute Gasteiger partial charge is 0.307 e. The molecule has 0 aliphatic rings. The highest BCUT2D eigenvalue weighted by atomic mass is 35.5. The molecule has 2 aromatic carbocycles. The SMILES string of the molecule is Cc1cc(CC(=O)O)ccc1-c1cccc(OCc2ccc(Cl)cc2F)n1. The Morgan fingerprint density at radius 3 is 2.70 bits per heavy atom. The molecule has 1 aromatic heterocycles. The van der Waals surface area contributed by atoms with E-state index in [1.54, 1.807) is 30.3 Å². The van der Waals surface area contributed by atoms with Crippen LogP contribution in [0.25, 0.3) is 11.3 Å². The van der Waals surface area contributed by atoms with Crippen molar-refractivity contribution in [2.24, 2.45) is 0 Å². The number of carboxylic acid groups (broad SMARTS) is 1. The first kappa shape index (κ1) is 18.9. The van der Waals surface area contributed by atoms with E-state index in [-0.39, 0.29) is 13.0 Å². The van der Waals surface area contributed by atoms with Crippen molar-refractivity contribution in [3.8, 4) is 17.1 Å². The van der Waals surface area contributed by atoms with Gasteiger partial charge in [-0.1, -0.05) is 41.9 Å². The Morgan fingerprint density at radius 2 is 2.00 bits per heavy atom. The van der Waals surface area contributed by atoms with Crippen LogP contribution < -0.4 is 4.74 Å². The Bertz CT molecular complexity index is 991. The number of hydrogen-bond acceptors (Lipinski definition) is 3. The highest BCUT2D eigenvalue weighted by molar-refractivity contribution is 6.30. The predicted molar refractivity (Wildman–Crippen MR) is 101 cm³/mol. The lowest BCUT2D eigenvalue weighted by molar-refractivity contribution is -0.136. The van der Waals surface area contributed by atoms with Crippen LogP contribution >= 0.6 is 11.6 Å². The van der Waals surface area contributed by atoms with Crippen molar-refractivity contribution >= 4 is 17.6 Å². The molecule has 1 heterocycles. The summed E-state index contributed by atoms with van der Waals surface area (Å²) in [5.41, 5.74) is 3.62. The summed E-state index contributed by atoms with van der Waals surface area (Å²) >= 11 is 5.75. The molecule has 6 heteroatoms. The predicted octanol–water partition coefficient (Wildman–Crippen LogP) is 5.06. The summed E-state index contributed by atoms with van der Waals surface area (Å²) in [6.45, 7) is 1.94. The summed E-state index contributed by atoms with van der Waals surface area (Å²) in [4.78, 5) is 15.3. The molecular weight excluding hydrogens is 369 g/mol. The number of aliphatic carboxylic acids is 1. The van der Waals surface area contributed by atoms with Crippen LogP contribution in [0, 0.1) is 12.7 Å². The van der Waals surface area contributed by atoms with Crippen LogP contribution in [0.3, 0.4) is 0 Å². The number of ether oxygens (including phenoxy) is 1. The molecule has 27 heavy (non-hydrogen) atoms. The van der Waals surface area contributed by atoms with Gasteiger partial charge in [0.25, 0.3) is 0 Å². The second kappa shape index (κ2) is 8.18. The van der Waals surface area contributed by atoms with Crippen molar-refractivity contribution in [1.82, 2.24) is 4.98 Å². The number of hydrogen-bond donors (Lipinski definition) is 1. The fourth-order valence-corrected chi connectivity index (χ4v) is 2.89. The molecule has 0 atom stereocenters. The van der Waals surface area contributed by atoms with E-state index in [1.807, 2.05) is 25.1 Å². The van der Waals surface area contributed by atoms with Gasteiger partial charge in [0.15, 0.2) is 0 Å². The third-order valence-electron chi connectivity index (χ3n) is 4.04. The summed E-state index contributed by atoms with van der Waals surface area (Å²) in [5.74, 6) is -0.926. The largest absolute Gasteiger partial charge is 0.481 e. The molecule has 0 spiro atoms. The highest BCUT2D eigenvalue weighted by Crippen LogP contribution is 2.25. The van der Waals surface area contributed by atoms with Gasteiger partial charge in [0.1, 0.15) is 12.4 Å². The Balaban J connectivity index is 1.78. The number of benzene rings is 2. The molecule has 0 radical (unpaired) electrons. The second-order valence-corrected chi connectivity index (χ2v) is 6.54. The standard InChI is InChI=1S/C21H17ClFNO3/c1-13-9-14(10-21(25)26)5-8-17(13)19-3-2-4-20(24-19)27-12-15-6-7-16(22)11-18(15)23/h2-9,11H,10,12H2,1H3,(H,25,26). The third kappa shape index (κ3) is 4.83. The van der Waals surface area contributed by atoms with Crippen molar-refractivity contribution in [3.63, 3.8) is 0 Å². The Labute approximate surface area is 161 Å². The molecule has 0 aliphatic heterocycles. The Hall–Kier alpha value is -2.92. The summed E-state index contributed by atoms with van der Waals surface area (Å²) in [6, 6.07) is 15.2. The number of carboxylic acids is 1. The van der Waals surface area contributed by atoms with E-state index >= 15 is 0 Å². The topological polar surface area (TPSA) is 59.4 Å². The van der Waals surface area contributed by atoms with E-state index in [1.165, 1.54) is 6.07 Å². The van der Waals surface area contributed by atoms with Gasteiger partial charge in [-0.05, 0) is 36.2 Å². The quantitative estimate of drug-likeness (QED) is 0.644. The lowest BCUT2D eigenvalue weighted by Crippen LogP contribution is -2.01. The first-order valence-electron chi connectivity index (χ1n) is 8.28. The van der Waals surface area contributed by atoms with Gasteiger partial charge in [-0.15, -0.1) is 0 Å². The van der Waals surface area contributed by atoms with Gasteiger partial charge in [0.2, 0.25) is 5.88 Å². The highest BCUT2D eigenvalue weighted by Gasteiger charge is 2.09. The lowest BCUT2D eigenvalue weighted by Gasteiger charge is -2.10. The minimum absolute atomic E-state index is 0.0235. The van der Waals surface area contributed by atoms with Gasteiger partial charge >= 0.3 is 5.97 Å². The van der Waals surface area contributed by atoms with E-state index < -0.39 is 11.8 Å². The van der Waals surface area contributed by atoms with Crippen molar-refractivity contribution in [2.75, 3.05) is 0 Å². The van der Waals surface area contributed by atoms with Crippen molar-refractivity contribution in [1.29, 1.82) is 0 Å². The average Bonchev–Trinajstić information content (AvgIpc) is 2.61. The zero-order valence-corrected chi connectivity index (χ0v) is 15.3. The van der Waals surface area contributed by atoms with E-state index in [0.717, 1.165) is 16.7 Å². The van der Waals surface area contributed by atoms with Crippen molar-refractivity contribution in [3.05, 3.63) is 82.1 Å². The molecular formula is C21H17ClFNO3. The molecule has 138 valence electrons. The fraction of sp³-hybridized carbons (Fsp3) is 0.143. The first-order valence-corrected chi connectivity index (χ1v) is 8.65. The number of halogens is 2. The molecule has 3 aromatic rings.